The van der Waals surface area contributed by atoms with Crippen LogP contribution in [0.4, 0.5) is 11.5 Å². The Bertz CT molecular complexity index is 2020. The van der Waals surface area contributed by atoms with Crippen LogP contribution in [0, 0.1) is 5.92 Å². The summed E-state index contributed by atoms with van der Waals surface area (Å²) in [4.78, 5) is 50.5. The minimum Gasteiger partial charge on any atom is -0.463 e. The SMILES string of the molecule is C=CN1c2ncnc(c2C(C)C)C(C)C/C=C/CNC2N=CNC3=C2C3(S)OCC(C)CCC1C.CC(NC(=O)CN)C(=O)Nc1ccc(COC=O)cc1.CCC.CCC1CCC(C)O1.CN(C)CCO. The second kappa shape index (κ2) is 33.9. The van der Waals surface area contributed by atoms with Gasteiger partial charge in [0.05, 0.1) is 49.7 Å². The minimum atomic E-state index is -0.677. The van der Waals surface area contributed by atoms with Gasteiger partial charge in [0, 0.05) is 41.9 Å². The van der Waals surface area contributed by atoms with Crippen molar-refractivity contribution in [3.63, 3.8) is 0 Å². The number of thiol groups is 1. The van der Waals surface area contributed by atoms with E-state index < -0.39 is 16.9 Å². The highest BCUT2D eigenvalue weighted by atomic mass is 32.1. The number of carbonyl (C=O) groups excluding carboxylic acids is 3. The normalized spacial score (nSPS) is 24.4. The Morgan fingerprint density at radius 2 is 1.76 bits per heavy atom. The second-order valence-corrected chi connectivity index (χ2v) is 19.9. The zero-order chi connectivity index (χ0) is 53.8. The lowest BCUT2D eigenvalue weighted by atomic mass is 9.92. The summed E-state index contributed by atoms with van der Waals surface area (Å²) in [5.74, 6) is 1.22. The van der Waals surface area contributed by atoms with Crippen LogP contribution in [0.3, 0.4) is 0 Å². The maximum absolute atomic E-state index is 11.8. The fraction of sp³-hybridized carbons (Fsp3) is 0.630. The molecule has 0 saturated carbocycles. The first-order chi connectivity index (χ1) is 34.3. The highest BCUT2D eigenvalue weighted by Crippen LogP contribution is 2.52. The van der Waals surface area contributed by atoms with Gasteiger partial charge in [0.2, 0.25) is 11.8 Å². The number of amides is 2. The van der Waals surface area contributed by atoms with Gasteiger partial charge in [-0.1, -0.05) is 85.8 Å². The number of aromatic nitrogens is 2. The molecule has 1 fully saturated rings. The number of aliphatic hydroxyl groups excluding tert-OH is 1. The number of fused-ring (bicyclic) bond motifs is 3. The Hall–Kier alpha value is -4.69. The van der Waals surface area contributed by atoms with Crippen molar-refractivity contribution in [1.82, 2.24) is 30.8 Å². The molecular weight excluding hydrogens is 933 g/mol. The number of nitrogens with two attached hydrogens (primary N) is 1. The van der Waals surface area contributed by atoms with Crippen LogP contribution in [0.5, 0.6) is 0 Å². The molecular formula is C54H90N10O7S. The van der Waals surface area contributed by atoms with Gasteiger partial charge in [-0.2, -0.15) is 0 Å². The third kappa shape index (κ3) is 21.4. The molecule has 18 heteroatoms. The first-order valence-electron chi connectivity index (χ1n) is 25.7. The van der Waals surface area contributed by atoms with Gasteiger partial charge in [-0.25, -0.2) is 9.97 Å². The summed E-state index contributed by atoms with van der Waals surface area (Å²) in [6, 6.07) is 6.39. The maximum atomic E-state index is 11.8. The monoisotopic (exact) mass is 1020 g/mol. The molecule has 7 N–H and O–H groups in total. The lowest BCUT2D eigenvalue weighted by Crippen LogP contribution is -2.44. The lowest BCUT2D eigenvalue weighted by Gasteiger charge is -2.31. The standard InChI is InChI=1S/C27H40N6OS.C13H17N3O4.C7H14O.C4H11NO.C3H8/c1-7-33-20(6)12-11-18(4)14-34-27(35)22-24(27)30-16-31-25(22)28-13-9-8-10-19(5)23-21(17(2)3)26(33)32-15-29-23;1-9(15-12(18)6-14)13(19)16-11-4-2-10(3-5-11)7-20-8-17;1-3-7-5-4-6(2)8-7;1-5(2)3-4-6;1-3-2/h7-9,15-20,25,28,35H,1,10-14H2,2-6H3,(H,30,31);2-5,8-9H,6-7,14H2,1H3,(H,15,18)(H,16,19);6-7H,3-5H2,1-2H3;6H,3-4H2,1-2H3;3H2,1-2H3/b9-8+;;;;. The summed E-state index contributed by atoms with van der Waals surface area (Å²) in [6.45, 7) is 28.2. The zero-order valence-electron chi connectivity index (χ0n) is 45.4. The highest BCUT2D eigenvalue weighted by Gasteiger charge is 2.57. The van der Waals surface area contributed by atoms with E-state index in [1.54, 1.807) is 43.9 Å². The number of hydrogen-bond donors (Lipinski definition) is 7. The van der Waals surface area contributed by atoms with Crippen molar-refractivity contribution in [3.05, 3.63) is 83.6 Å². The van der Waals surface area contributed by atoms with Crippen molar-refractivity contribution < 1.29 is 33.7 Å². The number of ether oxygens (including phenoxy) is 3. The number of anilines is 2. The highest BCUT2D eigenvalue weighted by molar-refractivity contribution is 7.82. The van der Waals surface area contributed by atoms with E-state index in [1.165, 1.54) is 31.2 Å². The van der Waals surface area contributed by atoms with Crippen LogP contribution in [0.2, 0.25) is 0 Å². The van der Waals surface area contributed by atoms with Crippen LogP contribution in [0.25, 0.3) is 0 Å². The van der Waals surface area contributed by atoms with Gasteiger partial charge in [0.15, 0.2) is 4.93 Å². The van der Waals surface area contributed by atoms with Crippen LogP contribution in [0.15, 0.2) is 71.8 Å². The number of nitrogens with one attached hydrogen (secondary N) is 4. The van der Waals surface area contributed by atoms with Crippen molar-refractivity contribution in [1.29, 1.82) is 0 Å². The summed E-state index contributed by atoms with van der Waals surface area (Å²) in [7, 11) is 3.85. The first kappa shape index (κ1) is 63.4. The topological polar surface area (TPSA) is 218 Å². The molecule has 2 bridgehead atoms. The number of carbonyl (C=O) groups is 3. The summed E-state index contributed by atoms with van der Waals surface area (Å²) >= 11 is 4.88. The third-order valence-corrected chi connectivity index (χ3v) is 12.6. The summed E-state index contributed by atoms with van der Waals surface area (Å²) < 4.78 is 16.4. The Labute approximate surface area is 437 Å². The molecule has 72 heavy (non-hydrogen) atoms. The molecule has 6 rings (SSSR count). The number of allylic oxidation sites excluding steroid dienone is 1. The average Bonchev–Trinajstić information content (AvgIpc) is 3.73. The Kier molecular flexibility index (Phi) is 29.9. The largest absolute Gasteiger partial charge is 0.463 e. The minimum absolute atomic E-state index is 0.110. The molecule has 3 aliphatic heterocycles. The van der Waals surface area contributed by atoms with Crippen LogP contribution in [0.1, 0.15) is 143 Å². The fourth-order valence-corrected chi connectivity index (χ4v) is 8.29. The van der Waals surface area contributed by atoms with E-state index in [4.69, 9.17) is 42.9 Å². The first-order valence-corrected chi connectivity index (χ1v) is 26.2. The summed E-state index contributed by atoms with van der Waals surface area (Å²) in [5, 5.41) is 20.0. The van der Waals surface area contributed by atoms with Gasteiger partial charge in [0.1, 0.15) is 31.0 Å². The van der Waals surface area contributed by atoms with Crippen LogP contribution < -0.4 is 31.9 Å². The van der Waals surface area contributed by atoms with Crippen molar-refractivity contribution >= 4 is 48.8 Å². The van der Waals surface area contributed by atoms with E-state index in [-0.39, 0.29) is 43.8 Å². The molecule has 2 amide bonds. The Morgan fingerprint density at radius 3 is 2.31 bits per heavy atom. The van der Waals surface area contributed by atoms with E-state index >= 15 is 0 Å². The third-order valence-electron chi connectivity index (χ3n) is 12.0. The molecule has 8 unspecified atom stereocenters. The Balaban J connectivity index is 0.000000399. The molecule has 2 aromatic rings. The van der Waals surface area contributed by atoms with Crippen LogP contribution in [-0.4, -0.2) is 127 Å². The van der Waals surface area contributed by atoms with Crippen LogP contribution in [-0.2, 0) is 35.2 Å². The van der Waals surface area contributed by atoms with Gasteiger partial charge in [-0.15, -0.1) is 12.6 Å². The number of benzene rings is 1. The van der Waals surface area contributed by atoms with Gasteiger partial charge < -0.3 is 50.8 Å². The molecule has 1 saturated heterocycles. The molecule has 1 aromatic carbocycles. The van der Waals surface area contributed by atoms with E-state index in [1.807, 2.05) is 25.2 Å². The predicted molar refractivity (Wildman–Crippen MR) is 295 cm³/mol. The average molecular weight is 1020 g/mol. The van der Waals surface area contributed by atoms with Gasteiger partial charge in [0.25, 0.3) is 6.47 Å². The van der Waals surface area contributed by atoms with E-state index in [0.717, 1.165) is 60.7 Å². The van der Waals surface area contributed by atoms with Gasteiger partial charge in [-0.3, -0.25) is 24.7 Å². The number of nitrogens with zero attached hydrogens (tertiary/aromatic N) is 5. The molecule has 8 atom stereocenters. The van der Waals surface area contributed by atoms with Gasteiger partial charge >= 0.3 is 0 Å². The smallest absolute Gasteiger partial charge is 0.293 e. The predicted octanol–water partition coefficient (Wildman–Crippen LogP) is 7.56. The van der Waals surface area contributed by atoms with Crippen molar-refractivity contribution in [2.75, 3.05) is 57.2 Å². The molecule has 4 aliphatic rings. The van der Waals surface area contributed by atoms with E-state index in [2.05, 4.69) is 117 Å². The molecule has 1 aliphatic carbocycles. The van der Waals surface area contributed by atoms with Gasteiger partial charge in [-0.05, 0) is 109 Å². The van der Waals surface area contributed by atoms with Crippen molar-refractivity contribution in [3.8, 4) is 0 Å². The summed E-state index contributed by atoms with van der Waals surface area (Å²) in [5.41, 5.74) is 11.0. The van der Waals surface area contributed by atoms with E-state index in [9.17, 15) is 14.4 Å². The molecule has 0 spiro atoms. The molecule has 4 heterocycles. The van der Waals surface area contributed by atoms with Crippen molar-refractivity contribution in [2.24, 2.45) is 16.6 Å². The molecule has 17 nitrogen and oxygen atoms in total. The maximum Gasteiger partial charge on any atom is 0.293 e. The summed E-state index contributed by atoms with van der Waals surface area (Å²) in [6.07, 6.45) is 18.7. The number of aliphatic hydroxyl groups is 1. The lowest BCUT2D eigenvalue weighted by molar-refractivity contribution is -0.129. The zero-order valence-corrected chi connectivity index (χ0v) is 46.3. The molecule has 404 valence electrons. The number of likely N-dealkylation sites (N-methyl/N-ethyl adjacent to an activating group) is 1. The van der Waals surface area contributed by atoms with E-state index in [0.29, 0.717) is 42.8 Å². The molecule has 1 aromatic heterocycles. The second-order valence-electron chi connectivity index (χ2n) is 19.2. The number of aliphatic imine (C=N–C) groups is 1. The Morgan fingerprint density at radius 1 is 1.07 bits per heavy atom. The quantitative estimate of drug-likeness (QED) is 0.0621. The molecule has 0 radical (unpaired) electrons. The van der Waals surface area contributed by atoms with Crippen LogP contribution >= 0.6 is 12.6 Å². The fourth-order valence-electron chi connectivity index (χ4n) is 7.85. The van der Waals surface area contributed by atoms with Crippen molar-refractivity contribution in [2.45, 2.75) is 168 Å². The number of rotatable bonds is 12. The number of hydrogen-bond acceptors (Lipinski definition) is 16.